The zero-order valence-corrected chi connectivity index (χ0v) is 11.3. The monoisotopic (exact) mass is 262 g/mol. The minimum Gasteiger partial charge on any atom is -0.622 e. The van der Waals surface area contributed by atoms with Gasteiger partial charge in [-0.3, -0.25) is 0 Å². The Labute approximate surface area is 94.5 Å². The van der Waals surface area contributed by atoms with E-state index in [9.17, 15) is 5.21 Å². The van der Waals surface area contributed by atoms with Crippen LogP contribution in [0.25, 0.3) is 0 Å². The smallest absolute Gasteiger partial charge is 0.224 e. The number of alkyl halides is 1. The van der Waals surface area contributed by atoms with Gasteiger partial charge in [-0.1, -0.05) is 15.9 Å². The van der Waals surface area contributed by atoms with E-state index in [-0.39, 0.29) is 10.4 Å². The molecule has 0 N–H and O–H groups in total. The molecular formula is C10H19BrN2O. The molecule has 4 heteroatoms. The molecule has 1 unspecified atom stereocenters. The maximum Gasteiger partial charge on any atom is 0.224 e. The van der Waals surface area contributed by atoms with Crippen LogP contribution < -0.4 is 0 Å². The van der Waals surface area contributed by atoms with E-state index in [0.717, 1.165) is 10.5 Å². The van der Waals surface area contributed by atoms with Crippen molar-refractivity contribution in [3.05, 3.63) is 5.21 Å². The van der Waals surface area contributed by atoms with E-state index < -0.39 is 5.66 Å². The van der Waals surface area contributed by atoms with Crippen molar-refractivity contribution in [1.29, 1.82) is 0 Å². The molecule has 1 aliphatic heterocycles. The zero-order chi connectivity index (χ0) is 11.3. The predicted octanol–water partition coefficient (Wildman–Crippen LogP) is 2.18. The molecule has 0 amide bonds. The Morgan fingerprint density at radius 3 is 1.93 bits per heavy atom. The van der Waals surface area contributed by atoms with Gasteiger partial charge in [0.1, 0.15) is 5.54 Å². The van der Waals surface area contributed by atoms with Crippen LogP contribution in [-0.2, 0) is 0 Å². The van der Waals surface area contributed by atoms with E-state index in [1.54, 1.807) is 0 Å². The third-order valence-corrected chi connectivity index (χ3v) is 3.81. The van der Waals surface area contributed by atoms with E-state index in [0.29, 0.717) is 0 Å². The lowest BCUT2D eigenvalue weighted by Crippen LogP contribution is -2.51. The van der Waals surface area contributed by atoms with E-state index in [4.69, 9.17) is 0 Å². The fourth-order valence-electron chi connectivity index (χ4n) is 2.18. The molecule has 0 radical (unpaired) electrons. The summed E-state index contributed by atoms with van der Waals surface area (Å²) < 4.78 is 1.13. The second kappa shape index (κ2) is 3.20. The van der Waals surface area contributed by atoms with Gasteiger partial charge in [-0.2, -0.15) is 4.74 Å². The van der Waals surface area contributed by atoms with Gasteiger partial charge < -0.3 is 5.21 Å². The second-order valence-electron chi connectivity index (χ2n) is 4.91. The molecule has 0 bridgehead atoms. The molecule has 14 heavy (non-hydrogen) atoms. The van der Waals surface area contributed by atoms with E-state index >= 15 is 0 Å². The molecule has 0 aromatic heterocycles. The summed E-state index contributed by atoms with van der Waals surface area (Å²) in [5.41, 5.74) is 0.250. The number of nitrogens with zero attached hydrogens (tertiary/aromatic N) is 2. The number of hydroxylamine groups is 1. The molecule has 0 saturated carbocycles. The lowest BCUT2D eigenvalue weighted by Gasteiger charge is -2.32. The summed E-state index contributed by atoms with van der Waals surface area (Å²) in [5, 5.41) is 12.1. The predicted molar refractivity (Wildman–Crippen MR) is 62.9 cm³/mol. The zero-order valence-electron chi connectivity index (χ0n) is 9.76. The van der Waals surface area contributed by atoms with Crippen LogP contribution in [0.2, 0.25) is 0 Å². The average Bonchev–Trinajstić information content (AvgIpc) is 2.10. The molecular weight excluding hydrogens is 244 g/mol. The van der Waals surface area contributed by atoms with Gasteiger partial charge >= 0.3 is 0 Å². The van der Waals surface area contributed by atoms with Crippen molar-refractivity contribution in [3.8, 4) is 0 Å². The van der Waals surface area contributed by atoms with Gasteiger partial charge in [-0.25, -0.2) is 4.90 Å². The van der Waals surface area contributed by atoms with Crippen LogP contribution in [0.4, 0.5) is 0 Å². The van der Waals surface area contributed by atoms with Gasteiger partial charge in [0.05, 0.1) is 4.83 Å². The molecule has 0 fully saturated rings. The number of hydrogen-bond donors (Lipinski definition) is 0. The second-order valence-corrected chi connectivity index (χ2v) is 6.28. The van der Waals surface area contributed by atoms with Crippen molar-refractivity contribution in [1.82, 2.24) is 4.90 Å². The van der Waals surface area contributed by atoms with Crippen LogP contribution in [0.5, 0.6) is 0 Å². The van der Waals surface area contributed by atoms with Crippen molar-refractivity contribution in [3.63, 3.8) is 0 Å². The Morgan fingerprint density at radius 1 is 1.36 bits per heavy atom. The summed E-state index contributed by atoms with van der Waals surface area (Å²) in [7, 11) is 1.99. The average molecular weight is 263 g/mol. The first-order chi connectivity index (χ1) is 6.13. The van der Waals surface area contributed by atoms with E-state index in [2.05, 4.69) is 34.7 Å². The van der Waals surface area contributed by atoms with Crippen LogP contribution in [0.15, 0.2) is 0 Å². The van der Waals surface area contributed by atoms with Crippen LogP contribution >= 0.6 is 15.9 Å². The van der Waals surface area contributed by atoms with Gasteiger partial charge in [0.15, 0.2) is 5.71 Å². The lowest BCUT2D eigenvalue weighted by atomic mass is 9.95. The highest BCUT2D eigenvalue weighted by Gasteiger charge is 2.55. The van der Waals surface area contributed by atoms with Crippen molar-refractivity contribution < 1.29 is 4.74 Å². The summed E-state index contributed by atoms with van der Waals surface area (Å²) in [6, 6.07) is 0. The van der Waals surface area contributed by atoms with Crippen molar-refractivity contribution in [2.24, 2.45) is 0 Å². The van der Waals surface area contributed by atoms with Crippen LogP contribution in [0.3, 0.4) is 0 Å². The maximum atomic E-state index is 12.1. The van der Waals surface area contributed by atoms with Gasteiger partial charge in [-0.15, -0.1) is 0 Å². The molecule has 0 spiro atoms. The fraction of sp³-hybridized carbons (Fsp3) is 0.900. The van der Waals surface area contributed by atoms with Crippen molar-refractivity contribution in [2.45, 2.75) is 50.6 Å². The molecule has 82 valence electrons. The van der Waals surface area contributed by atoms with Crippen LogP contribution in [0.1, 0.15) is 34.6 Å². The standard InChI is InChI=1S/C10H19BrN2O/c1-7(11)8-9(2,3)12(6)10(4,5)13(8)14/h7H,1-6H3. The first-order valence-electron chi connectivity index (χ1n) is 4.86. The summed E-state index contributed by atoms with van der Waals surface area (Å²) in [6.45, 7) is 10.1. The summed E-state index contributed by atoms with van der Waals surface area (Å²) in [6.07, 6.45) is 0. The van der Waals surface area contributed by atoms with Gasteiger partial charge in [0, 0.05) is 13.8 Å². The molecule has 0 aromatic carbocycles. The first kappa shape index (κ1) is 12.0. The minimum absolute atomic E-state index is 0.110. The van der Waals surface area contributed by atoms with E-state index in [1.807, 2.05) is 27.8 Å². The summed E-state index contributed by atoms with van der Waals surface area (Å²) in [4.78, 5) is 2.22. The quantitative estimate of drug-likeness (QED) is 0.412. The number of halogens is 1. The SMILES string of the molecule is CC(Br)C1=[N+]([O-])C(C)(C)N(C)C1(C)C. The van der Waals surface area contributed by atoms with Gasteiger partial charge in [-0.05, 0) is 27.8 Å². The summed E-state index contributed by atoms with van der Waals surface area (Å²) >= 11 is 3.49. The highest BCUT2D eigenvalue weighted by molar-refractivity contribution is 9.10. The molecule has 1 rings (SSSR count). The molecule has 0 aromatic rings. The van der Waals surface area contributed by atoms with E-state index in [1.165, 1.54) is 0 Å². The Hall–Kier alpha value is -0.0900. The minimum atomic E-state index is -0.457. The Morgan fingerprint density at radius 2 is 1.79 bits per heavy atom. The lowest BCUT2D eigenvalue weighted by molar-refractivity contribution is -0.557. The van der Waals surface area contributed by atoms with Crippen molar-refractivity contribution >= 4 is 21.6 Å². The Bertz CT molecular complexity index is 282. The molecule has 1 atom stereocenters. The number of hydrogen-bond acceptors (Lipinski definition) is 2. The number of rotatable bonds is 1. The molecule has 3 nitrogen and oxygen atoms in total. The Balaban J connectivity index is 3.30. The first-order valence-corrected chi connectivity index (χ1v) is 5.77. The largest absolute Gasteiger partial charge is 0.622 e. The topological polar surface area (TPSA) is 29.3 Å². The molecule has 0 saturated heterocycles. The van der Waals surface area contributed by atoms with Gasteiger partial charge in [0.25, 0.3) is 0 Å². The molecule has 0 aliphatic carbocycles. The van der Waals surface area contributed by atoms with Crippen molar-refractivity contribution in [2.75, 3.05) is 7.05 Å². The highest BCUT2D eigenvalue weighted by atomic mass is 79.9. The molecule has 1 aliphatic rings. The molecule has 1 heterocycles. The van der Waals surface area contributed by atoms with Crippen LogP contribution in [-0.4, -0.2) is 38.4 Å². The van der Waals surface area contributed by atoms with Crippen LogP contribution in [0, 0.1) is 5.21 Å². The summed E-state index contributed by atoms with van der Waals surface area (Å²) in [5.74, 6) is 0. The van der Waals surface area contributed by atoms with Gasteiger partial charge in [0.2, 0.25) is 5.66 Å². The maximum absolute atomic E-state index is 12.1. The normalized spacial score (nSPS) is 28.2. The fourth-order valence-corrected chi connectivity index (χ4v) is 2.93. The highest BCUT2D eigenvalue weighted by Crippen LogP contribution is 2.34. The Kier molecular flexibility index (Phi) is 2.74. The third kappa shape index (κ3) is 1.39. The third-order valence-electron chi connectivity index (χ3n) is 3.38.